The maximum atomic E-state index is 13.6. The van der Waals surface area contributed by atoms with Gasteiger partial charge in [-0.2, -0.15) is 0 Å². The van der Waals surface area contributed by atoms with Crippen LogP contribution in [0, 0.1) is 0 Å². The first-order valence-corrected chi connectivity index (χ1v) is 14.0. The fraction of sp³-hybridized carbons (Fsp3) is 0.194. The minimum absolute atomic E-state index is 0.0459. The smallest absolute Gasteiger partial charge is 0.299 e. The third-order valence-corrected chi connectivity index (χ3v) is 7.62. The quantitative estimate of drug-likeness (QED) is 0.280. The molecule has 0 saturated heterocycles. The normalized spacial score (nSPS) is 12.2. The zero-order valence-electron chi connectivity index (χ0n) is 23.4. The molecule has 10 nitrogen and oxygen atoms in total. The van der Waals surface area contributed by atoms with E-state index in [1.165, 1.54) is 16.2 Å². The number of ether oxygens (including phenoxy) is 1. The molecule has 0 atom stereocenters. The topological polar surface area (TPSA) is 112 Å². The number of aromatic nitrogens is 1. The van der Waals surface area contributed by atoms with Gasteiger partial charge in [-0.1, -0.05) is 12.1 Å². The number of thiazole rings is 1. The first kappa shape index (κ1) is 28.5. The molecule has 11 heteroatoms. The summed E-state index contributed by atoms with van der Waals surface area (Å²) in [7, 11) is 5.44. The highest BCUT2D eigenvalue weighted by Gasteiger charge is 2.37. The number of fused-ring (bicyclic) bond motifs is 1. The van der Waals surface area contributed by atoms with Gasteiger partial charge in [0.25, 0.3) is 11.7 Å². The largest absolute Gasteiger partial charge is 0.497 e. The number of rotatable bonds is 10. The van der Waals surface area contributed by atoms with Crippen molar-refractivity contribution >= 4 is 51.9 Å². The number of carbonyl (C=O) groups is 4. The number of methoxy groups -OCH3 is 1. The summed E-state index contributed by atoms with van der Waals surface area (Å²) in [6.45, 7) is -0.614. The molecule has 1 aliphatic heterocycles. The van der Waals surface area contributed by atoms with E-state index in [-0.39, 0.29) is 25.2 Å². The van der Waals surface area contributed by atoms with E-state index in [1.54, 1.807) is 43.5 Å². The van der Waals surface area contributed by atoms with Crippen molar-refractivity contribution in [2.75, 3.05) is 49.4 Å². The second-order valence-electron chi connectivity index (χ2n) is 9.83. The van der Waals surface area contributed by atoms with E-state index in [9.17, 15) is 19.2 Å². The van der Waals surface area contributed by atoms with Crippen LogP contribution in [0.4, 0.5) is 17.1 Å². The summed E-state index contributed by atoms with van der Waals surface area (Å²) < 4.78 is 5.22. The predicted molar refractivity (Wildman–Crippen MR) is 162 cm³/mol. The van der Waals surface area contributed by atoms with Gasteiger partial charge in [0.1, 0.15) is 23.8 Å². The minimum Gasteiger partial charge on any atom is -0.497 e. The lowest BCUT2D eigenvalue weighted by Gasteiger charge is -2.24. The van der Waals surface area contributed by atoms with Crippen molar-refractivity contribution in [3.63, 3.8) is 0 Å². The van der Waals surface area contributed by atoms with Crippen molar-refractivity contribution < 1.29 is 23.9 Å². The van der Waals surface area contributed by atoms with E-state index in [1.807, 2.05) is 60.8 Å². The van der Waals surface area contributed by atoms with Crippen LogP contribution < -0.4 is 19.9 Å². The molecule has 3 aromatic carbocycles. The van der Waals surface area contributed by atoms with Gasteiger partial charge in [0, 0.05) is 36.4 Å². The number of carbonyl (C=O) groups excluding carboxylic acids is 4. The Hall–Kier alpha value is -5.03. The van der Waals surface area contributed by atoms with E-state index >= 15 is 0 Å². The number of hydrogen-bond acceptors (Lipinski definition) is 8. The first-order chi connectivity index (χ1) is 20.2. The summed E-state index contributed by atoms with van der Waals surface area (Å²) in [4.78, 5) is 61.1. The highest BCUT2D eigenvalue weighted by atomic mass is 32.1. The molecule has 42 heavy (non-hydrogen) atoms. The van der Waals surface area contributed by atoms with Gasteiger partial charge in [-0.3, -0.25) is 24.1 Å². The lowest BCUT2D eigenvalue weighted by Crippen LogP contribution is -2.45. The minimum atomic E-state index is -0.772. The summed E-state index contributed by atoms with van der Waals surface area (Å²) in [6, 6.07) is 21.3. The molecule has 0 spiro atoms. The molecule has 214 valence electrons. The lowest BCUT2D eigenvalue weighted by atomic mass is 10.1. The zero-order valence-corrected chi connectivity index (χ0v) is 24.2. The highest BCUT2D eigenvalue weighted by molar-refractivity contribution is 7.09. The summed E-state index contributed by atoms with van der Waals surface area (Å²) in [5.41, 5.74) is 3.80. The van der Waals surface area contributed by atoms with Crippen molar-refractivity contribution in [3.8, 4) is 17.0 Å². The Labute approximate surface area is 247 Å². The summed E-state index contributed by atoms with van der Waals surface area (Å²) in [6.07, 6.45) is 0. The highest BCUT2D eigenvalue weighted by Crippen LogP contribution is 2.29. The van der Waals surface area contributed by atoms with Gasteiger partial charge < -0.3 is 19.9 Å². The number of hydrogen-bond donors (Lipinski definition) is 1. The Bertz CT molecular complexity index is 1630. The number of ketones is 1. The molecule has 1 N–H and O–H groups in total. The van der Waals surface area contributed by atoms with E-state index in [4.69, 9.17) is 4.74 Å². The van der Waals surface area contributed by atoms with Crippen LogP contribution in [0.1, 0.15) is 15.4 Å². The molecule has 2 heterocycles. The fourth-order valence-electron chi connectivity index (χ4n) is 4.53. The van der Waals surface area contributed by atoms with Crippen molar-refractivity contribution in [3.05, 3.63) is 88.7 Å². The number of amides is 3. The second-order valence-corrected chi connectivity index (χ2v) is 10.8. The molecular formula is C31H29N5O5S. The number of nitrogens with one attached hydrogen (secondary N) is 1. The predicted octanol–water partition coefficient (Wildman–Crippen LogP) is 4.08. The SMILES string of the molecule is COc1ccc(-c2csc(CN(CC(=O)Nc3ccc(N(C)C)cc3)C(=O)CN3C(=O)C(=O)c4ccccc43)n2)cc1. The Kier molecular flexibility index (Phi) is 8.30. The van der Waals surface area contributed by atoms with Gasteiger partial charge in [0.2, 0.25) is 11.8 Å². The van der Waals surface area contributed by atoms with Gasteiger partial charge in [0.05, 0.1) is 30.6 Å². The fourth-order valence-corrected chi connectivity index (χ4v) is 5.35. The molecule has 4 aromatic rings. The maximum Gasteiger partial charge on any atom is 0.299 e. The standard InChI is InChI=1S/C31H29N5O5S/c1-34(2)22-12-10-21(11-13-22)32-27(37)16-35(17-28-33-25(19-42-28)20-8-14-23(41-3)15-9-20)29(38)18-36-26-7-5-4-6-24(26)30(39)31(36)40/h4-15,19H,16-18H2,1-3H3,(H,32,37). The van der Waals surface area contributed by atoms with Crippen molar-refractivity contribution in [1.82, 2.24) is 9.88 Å². The van der Waals surface area contributed by atoms with Gasteiger partial charge in [-0.25, -0.2) is 4.98 Å². The number of para-hydroxylation sites is 1. The van der Waals surface area contributed by atoms with Crippen LogP contribution in [0.3, 0.4) is 0 Å². The molecule has 0 radical (unpaired) electrons. The number of nitrogens with zero attached hydrogens (tertiary/aromatic N) is 4. The van der Waals surface area contributed by atoms with Crippen LogP contribution in [0.15, 0.2) is 78.2 Å². The van der Waals surface area contributed by atoms with Crippen molar-refractivity contribution in [2.24, 2.45) is 0 Å². The van der Waals surface area contributed by atoms with Gasteiger partial charge in [-0.05, 0) is 60.7 Å². The summed E-state index contributed by atoms with van der Waals surface area (Å²) in [5.74, 6) is -1.60. The first-order valence-electron chi connectivity index (χ1n) is 13.1. The van der Waals surface area contributed by atoms with Crippen molar-refractivity contribution in [1.29, 1.82) is 0 Å². The van der Waals surface area contributed by atoms with Crippen LogP contribution >= 0.6 is 11.3 Å². The second kappa shape index (κ2) is 12.2. The third-order valence-electron chi connectivity index (χ3n) is 6.79. The lowest BCUT2D eigenvalue weighted by molar-refractivity contribution is -0.134. The van der Waals surface area contributed by atoms with E-state index < -0.39 is 23.5 Å². The molecule has 3 amide bonds. The number of benzene rings is 3. The van der Waals surface area contributed by atoms with Crippen LogP contribution in [0.2, 0.25) is 0 Å². The molecule has 0 aliphatic carbocycles. The average Bonchev–Trinajstić information content (AvgIpc) is 3.56. The van der Waals surface area contributed by atoms with E-state index in [2.05, 4.69) is 10.3 Å². The van der Waals surface area contributed by atoms with Crippen LogP contribution in [0.25, 0.3) is 11.3 Å². The molecule has 5 rings (SSSR count). The zero-order chi connectivity index (χ0) is 29.8. The Balaban J connectivity index is 1.35. The third kappa shape index (κ3) is 6.16. The van der Waals surface area contributed by atoms with E-state index in [0.717, 1.165) is 27.6 Å². The van der Waals surface area contributed by atoms with Crippen LogP contribution in [0.5, 0.6) is 5.75 Å². The molecule has 0 bridgehead atoms. The van der Waals surface area contributed by atoms with Gasteiger partial charge in [0.15, 0.2) is 0 Å². The summed E-state index contributed by atoms with van der Waals surface area (Å²) >= 11 is 1.36. The molecule has 0 saturated carbocycles. The molecule has 1 aromatic heterocycles. The van der Waals surface area contributed by atoms with Crippen LogP contribution in [-0.2, 0) is 20.9 Å². The summed E-state index contributed by atoms with van der Waals surface area (Å²) in [5, 5.41) is 5.32. The van der Waals surface area contributed by atoms with E-state index in [0.29, 0.717) is 16.4 Å². The van der Waals surface area contributed by atoms with Gasteiger partial charge in [-0.15, -0.1) is 11.3 Å². The van der Waals surface area contributed by atoms with Gasteiger partial charge >= 0.3 is 0 Å². The maximum absolute atomic E-state index is 13.6. The number of Topliss-reactive ketones (excluding diaryl/α,β-unsaturated/α-hetero) is 1. The Morgan fingerprint density at radius 2 is 1.69 bits per heavy atom. The monoisotopic (exact) mass is 583 g/mol. The van der Waals surface area contributed by atoms with Crippen LogP contribution in [-0.4, -0.2) is 67.7 Å². The Morgan fingerprint density at radius 1 is 0.976 bits per heavy atom. The van der Waals surface area contributed by atoms with Crippen molar-refractivity contribution in [2.45, 2.75) is 6.54 Å². The molecule has 1 aliphatic rings. The Morgan fingerprint density at radius 3 is 2.38 bits per heavy atom. The average molecular weight is 584 g/mol. The molecule has 0 unspecified atom stereocenters. The number of anilines is 3. The molecular weight excluding hydrogens is 554 g/mol. The molecule has 0 fully saturated rings.